The Morgan fingerprint density at radius 2 is 2.20 bits per heavy atom. The summed E-state index contributed by atoms with van der Waals surface area (Å²) in [7, 11) is 0. The van der Waals surface area contributed by atoms with Crippen molar-refractivity contribution in [3.8, 4) is 0 Å². The van der Waals surface area contributed by atoms with Crippen LogP contribution in [-0.4, -0.2) is 9.97 Å². The predicted octanol–water partition coefficient (Wildman–Crippen LogP) is 2.18. The Morgan fingerprint density at radius 3 is 2.93 bits per heavy atom. The van der Waals surface area contributed by atoms with Gasteiger partial charge in [0.2, 0.25) is 5.56 Å². The Labute approximate surface area is 88.2 Å². The molecule has 78 valence electrons. The van der Waals surface area contributed by atoms with Crippen molar-refractivity contribution in [2.24, 2.45) is 0 Å². The number of pyridine rings is 2. The summed E-state index contributed by atoms with van der Waals surface area (Å²) in [5.41, 5.74) is 2.85. The number of aromatic amines is 1. The van der Waals surface area contributed by atoms with Crippen LogP contribution in [0.1, 0.15) is 24.7 Å². The number of nitrogens with one attached hydrogen (secondary N) is 1. The second-order valence-electron chi connectivity index (χ2n) is 3.73. The molecule has 0 aromatic carbocycles. The van der Waals surface area contributed by atoms with Crippen molar-refractivity contribution < 1.29 is 0 Å². The zero-order valence-corrected chi connectivity index (χ0v) is 9.00. The molecule has 0 aliphatic rings. The van der Waals surface area contributed by atoms with Gasteiger partial charge in [0.1, 0.15) is 0 Å². The quantitative estimate of drug-likeness (QED) is 0.811. The standard InChI is InChI=1S/C12H14N2O/c1-3-4-9-7-11-10(8(2)13-9)5-6-12(15)14-11/h5-7H,3-4H2,1-2H3,(H,14,15). The van der Waals surface area contributed by atoms with E-state index < -0.39 is 0 Å². The fourth-order valence-corrected chi connectivity index (χ4v) is 1.78. The van der Waals surface area contributed by atoms with E-state index in [0.29, 0.717) is 0 Å². The van der Waals surface area contributed by atoms with Crippen molar-refractivity contribution in [2.45, 2.75) is 26.7 Å². The van der Waals surface area contributed by atoms with Crippen molar-refractivity contribution in [3.05, 3.63) is 39.9 Å². The molecule has 0 saturated heterocycles. The predicted molar refractivity (Wildman–Crippen MR) is 61.1 cm³/mol. The number of rotatable bonds is 2. The Bertz CT molecular complexity index is 543. The molecular formula is C12H14N2O. The van der Waals surface area contributed by atoms with E-state index in [9.17, 15) is 4.79 Å². The largest absolute Gasteiger partial charge is 0.322 e. The van der Waals surface area contributed by atoms with Gasteiger partial charge in [-0.2, -0.15) is 0 Å². The maximum absolute atomic E-state index is 11.2. The lowest BCUT2D eigenvalue weighted by Gasteiger charge is -2.04. The van der Waals surface area contributed by atoms with Gasteiger partial charge in [-0.3, -0.25) is 9.78 Å². The number of aryl methyl sites for hydroxylation is 2. The van der Waals surface area contributed by atoms with E-state index in [0.717, 1.165) is 35.1 Å². The Morgan fingerprint density at radius 1 is 1.40 bits per heavy atom. The molecule has 0 saturated carbocycles. The van der Waals surface area contributed by atoms with E-state index in [1.165, 1.54) is 6.07 Å². The lowest BCUT2D eigenvalue weighted by molar-refractivity contribution is 0.878. The van der Waals surface area contributed by atoms with Crippen molar-refractivity contribution in [1.29, 1.82) is 0 Å². The molecule has 3 heteroatoms. The van der Waals surface area contributed by atoms with Crippen LogP contribution in [0.25, 0.3) is 10.9 Å². The maximum Gasteiger partial charge on any atom is 0.248 e. The van der Waals surface area contributed by atoms with Crippen molar-refractivity contribution in [1.82, 2.24) is 9.97 Å². The first-order valence-electron chi connectivity index (χ1n) is 5.20. The van der Waals surface area contributed by atoms with Crippen LogP contribution < -0.4 is 5.56 Å². The number of aromatic nitrogens is 2. The SMILES string of the molecule is CCCc1cc2[nH]c(=O)ccc2c(C)n1. The lowest BCUT2D eigenvalue weighted by atomic mass is 10.1. The van der Waals surface area contributed by atoms with E-state index in [2.05, 4.69) is 16.9 Å². The summed E-state index contributed by atoms with van der Waals surface area (Å²) in [4.78, 5) is 18.5. The highest BCUT2D eigenvalue weighted by molar-refractivity contribution is 5.80. The van der Waals surface area contributed by atoms with Gasteiger partial charge in [0.15, 0.2) is 0 Å². The summed E-state index contributed by atoms with van der Waals surface area (Å²) in [6.07, 6.45) is 2.02. The van der Waals surface area contributed by atoms with Crippen LogP contribution in [0.5, 0.6) is 0 Å². The van der Waals surface area contributed by atoms with E-state index in [1.807, 2.05) is 19.1 Å². The number of hydrogen-bond donors (Lipinski definition) is 1. The van der Waals surface area contributed by atoms with Gasteiger partial charge in [-0.25, -0.2) is 0 Å². The second-order valence-corrected chi connectivity index (χ2v) is 3.73. The molecule has 2 rings (SSSR count). The van der Waals surface area contributed by atoms with Gasteiger partial charge in [0, 0.05) is 22.8 Å². The molecule has 3 nitrogen and oxygen atoms in total. The van der Waals surface area contributed by atoms with Gasteiger partial charge >= 0.3 is 0 Å². The Hall–Kier alpha value is -1.64. The first-order valence-corrected chi connectivity index (χ1v) is 5.20. The Balaban J connectivity index is 2.68. The van der Waals surface area contributed by atoms with Crippen LogP contribution in [0.3, 0.4) is 0 Å². The number of nitrogens with zero attached hydrogens (tertiary/aromatic N) is 1. The maximum atomic E-state index is 11.2. The normalized spacial score (nSPS) is 10.8. The zero-order chi connectivity index (χ0) is 10.8. The highest BCUT2D eigenvalue weighted by atomic mass is 16.1. The molecule has 0 radical (unpaired) electrons. The topological polar surface area (TPSA) is 45.8 Å². The van der Waals surface area contributed by atoms with Gasteiger partial charge in [0.05, 0.1) is 5.52 Å². The van der Waals surface area contributed by atoms with Crippen LogP contribution in [-0.2, 0) is 6.42 Å². The molecule has 0 amide bonds. The van der Waals surface area contributed by atoms with Gasteiger partial charge in [0.25, 0.3) is 0 Å². The Kier molecular flexibility index (Phi) is 2.54. The van der Waals surface area contributed by atoms with E-state index in [4.69, 9.17) is 0 Å². The van der Waals surface area contributed by atoms with Crippen LogP contribution in [0, 0.1) is 6.92 Å². The third kappa shape index (κ3) is 1.91. The smallest absolute Gasteiger partial charge is 0.248 e. The van der Waals surface area contributed by atoms with E-state index in [-0.39, 0.29) is 5.56 Å². The molecular weight excluding hydrogens is 188 g/mol. The van der Waals surface area contributed by atoms with Crippen LogP contribution >= 0.6 is 0 Å². The van der Waals surface area contributed by atoms with Crippen LogP contribution in [0.4, 0.5) is 0 Å². The molecule has 0 aliphatic carbocycles. The molecule has 1 N–H and O–H groups in total. The average Bonchev–Trinajstić information content (AvgIpc) is 2.17. The third-order valence-corrected chi connectivity index (χ3v) is 2.47. The molecule has 0 spiro atoms. The van der Waals surface area contributed by atoms with Gasteiger partial charge in [-0.15, -0.1) is 0 Å². The monoisotopic (exact) mass is 202 g/mol. The van der Waals surface area contributed by atoms with E-state index >= 15 is 0 Å². The molecule has 15 heavy (non-hydrogen) atoms. The highest BCUT2D eigenvalue weighted by Crippen LogP contribution is 2.14. The van der Waals surface area contributed by atoms with Crippen molar-refractivity contribution >= 4 is 10.9 Å². The summed E-state index contributed by atoms with van der Waals surface area (Å²) in [6.45, 7) is 4.09. The zero-order valence-electron chi connectivity index (χ0n) is 9.00. The van der Waals surface area contributed by atoms with E-state index in [1.54, 1.807) is 0 Å². The molecule has 0 atom stereocenters. The molecule has 2 heterocycles. The highest BCUT2D eigenvalue weighted by Gasteiger charge is 2.02. The molecule has 2 aromatic heterocycles. The summed E-state index contributed by atoms with van der Waals surface area (Å²) >= 11 is 0. The van der Waals surface area contributed by atoms with Crippen LogP contribution in [0.2, 0.25) is 0 Å². The van der Waals surface area contributed by atoms with Gasteiger partial charge < -0.3 is 4.98 Å². The number of hydrogen-bond acceptors (Lipinski definition) is 2. The summed E-state index contributed by atoms with van der Waals surface area (Å²) in [5.74, 6) is 0. The first-order chi connectivity index (χ1) is 7.20. The molecule has 0 aliphatic heterocycles. The summed E-state index contributed by atoms with van der Waals surface area (Å²) in [6, 6.07) is 5.33. The molecule has 0 unspecified atom stereocenters. The fourth-order valence-electron chi connectivity index (χ4n) is 1.78. The first kappa shape index (κ1) is 9.90. The number of H-pyrrole nitrogens is 1. The fraction of sp³-hybridized carbons (Fsp3) is 0.333. The third-order valence-electron chi connectivity index (χ3n) is 2.47. The number of fused-ring (bicyclic) bond motifs is 1. The minimum Gasteiger partial charge on any atom is -0.322 e. The van der Waals surface area contributed by atoms with Crippen LogP contribution in [0.15, 0.2) is 23.0 Å². The average molecular weight is 202 g/mol. The summed E-state index contributed by atoms with van der Waals surface area (Å²) in [5, 5.41) is 1.02. The van der Waals surface area contributed by atoms with Gasteiger partial charge in [-0.1, -0.05) is 13.3 Å². The molecule has 2 aromatic rings. The molecule has 0 bridgehead atoms. The minimum atomic E-state index is -0.0597. The minimum absolute atomic E-state index is 0.0597. The van der Waals surface area contributed by atoms with Crippen molar-refractivity contribution in [3.63, 3.8) is 0 Å². The lowest BCUT2D eigenvalue weighted by Crippen LogP contribution is -2.04. The molecule has 0 fully saturated rings. The van der Waals surface area contributed by atoms with Gasteiger partial charge in [-0.05, 0) is 25.5 Å². The summed E-state index contributed by atoms with van der Waals surface area (Å²) < 4.78 is 0. The van der Waals surface area contributed by atoms with Crippen molar-refractivity contribution in [2.75, 3.05) is 0 Å². The second kappa shape index (κ2) is 3.85.